The summed E-state index contributed by atoms with van der Waals surface area (Å²) in [5.74, 6) is 0.407. The molecular weight excluding hydrogens is 392 g/mol. The third-order valence-electron chi connectivity index (χ3n) is 4.90. The third kappa shape index (κ3) is 6.01. The number of benzene rings is 1. The van der Waals surface area contributed by atoms with Crippen molar-refractivity contribution in [2.24, 2.45) is 11.8 Å². The van der Waals surface area contributed by atoms with Gasteiger partial charge < -0.3 is 29.2 Å². The zero-order chi connectivity index (χ0) is 22.3. The quantitative estimate of drug-likeness (QED) is 0.633. The lowest BCUT2D eigenvalue weighted by molar-refractivity contribution is -0.152. The highest BCUT2D eigenvalue weighted by atomic mass is 16.5. The van der Waals surface area contributed by atoms with Gasteiger partial charge in [-0.25, -0.2) is 0 Å². The van der Waals surface area contributed by atoms with Gasteiger partial charge in [-0.2, -0.15) is 0 Å². The Morgan fingerprint density at radius 3 is 2.07 bits per heavy atom. The topological polar surface area (TPSA) is 103 Å². The largest absolute Gasteiger partial charge is 0.493 e. The normalized spacial score (nSPS) is 18.4. The Morgan fingerprint density at radius 1 is 1.00 bits per heavy atom. The zero-order valence-electron chi connectivity index (χ0n) is 18.1. The number of carbonyl (C=O) groups is 3. The molecule has 1 aliphatic heterocycles. The van der Waals surface area contributed by atoms with Crippen molar-refractivity contribution in [2.45, 2.75) is 20.3 Å². The van der Waals surface area contributed by atoms with Gasteiger partial charge in [0.05, 0.1) is 21.3 Å². The van der Waals surface area contributed by atoms with Crippen molar-refractivity contribution in [1.82, 2.24) is 10.2 Å². The molecule has 1 saturated heterocycles. The Labute approximate surface area is 176 Å². The van der Waals surface area contributed by atoms with Gasteiger partial charge in [-0.05, 0) is 30.4 Å². The number of amides is 2. The Hall–Kier alpha value is -2.97. The van der Waals surface area contributed by atoms with Gasteiger partial charge in [-0.1, -0.05) is 13.8 Å². The summed E-state index contributed by atoms with van der Waals surface area (Å²) in [6.45, 7) is 4.83. The number of piperidine rings is 1. The Balaban J connectivity index is 1.87. The number of rotatable bonds is 8. The number of carbonyl (C=O) groups excluding carboxylic acids is 3. The molecule has 0 aliphatic carbocycles. The standard InChI is InChI=1S/C21H30N2O7/c1-13-6-14(2)11-23(10-13)18(24)12-30-19(25)9-22-21(26)15-7-16(27-3)20(29-5)17(8-15)28-4/h7-8,13-14H,6,9-12H2,1-5H3,(H,22,26). The fraction of sp³-hybridized carbons (Fsp3) is 0.571. The summed E-state index contributed by atoms with van der Waals surface area (Å²) in [4.78, 5) is 38.4. The van der Waals surface area contributed by atoms with Gasteiger partial charge in [-0.3, -0.25) is 14.4 Å². The molecule has 2 atom stereocenters. The molecular formula is C21H30N2O7. The zero-order valence-corrected chi connectivity index (χ0v) is 18.1. The van der Waals surface area contributed by atoms with Crippen LogP contribution in [0, 0.1) is 11.8 Å². The molecule has 0 spiro atoms. The predicted octanol–water partition coefficient (Wildman–Crippen LogP) is 1.49. The van der Waals surface area contributed by atoms with E-state index in [4.69, 9.17) is 18.9 Å². The highest BCUT2D eigenvalue weighted by Gasteiger charge is 2.26. The predicted molar refractivity (Wildman–Crippen MR) is 109 cm³/mol. The number of likely N-dealkylation sites (tertiary alicyclic amines) is 1. The molecule has 1 aliphatic rings. The van der Waals surface area contributed by atoms with Crippen LogP contribution in [-0.4, -0.2) is 70.3 Å². The number of esters is 1. The first-order chi connectivity index (χ1) is 14.3. The molecule has 2 amide bonds. The minimum Gasteiger partial charge on any atom is -0.493 e. The summed E-state index contributed by atoms with van der Waals surface area (Å²) in [6.07, 6.45) is 1.08. The van der Waals surface area contributed by atoms with Crippen LogP contribution in [0.15, 0.2) is 12.1 Å². The summed E-state index contributed by atoms with van der Waals surface area (Å²) in [5, 5.41) is 2.47. The first kappa shape index (κ1) is 23.3. The van der Waals surface area contributed by atoms with E-state index in [1.165, 1.54) is 33.5 Å². The molecule has 1 aromatic rings. The van der Waals surface area contributed by atoms with E-state index in [2.05, 4.69) is 19.2 Å². The van der Waals surface area contributed by atoms with Crippen LogP contribution in [0.2, 0.25) is 0 Å². The van der Waals surface area contributed by atoms with Crippen molar-refractivity contribution in [3.8, 4) is 17.2 Å². The van der Waals surface area contributed by atoms with Crippen LogP contribution in [0.1, 0.15) is 30.6 Å². The number of hydrogen-bond acceptors (Lipinski definition) is 7. The second-order valence-electron chi connectivity index (χ2n) is 7.50. The highest BCUT2D eigenvalue weighted by molar-refractivity contribution is 5.97. The molecule has 166 valence electrons. The fourth-order valence-electron chi connectivity index (χ4n) is 3.62. The molecule has 0 aromatic heterocycles. The van der Waals surface area contributed by atoms with E-state index >= 15 is 0 Å². The van der Waals surface area contributed by atoms with E-state index in [0.29, 0.717) is 42.2 Å². The molecule has 0 bridgehead atoms. The van der Waals surface area contributed by atoms with E-state index in [1.54, 1.807) is 4.90 Å². The van der Waals surface area contributed by atoms with Crippen LogP contribution in [0.5, 0.6) is 17.2 Å². The smallest absolute Gasteiger partial charge is 0.325 e. The number of methoxy groups -OCH3 is 3. The first-order valence-corrected chi connectivity index (χ1v) is 9.80. The molecule has 1 N–H and O–H groups in total. The molecule has 1 aromatic carbocycles. The van der Waals surface area contributed by atoms with Crippen molar-refractivity contribution >= 4 is 17.8 Å². The summed E-state index contributed by atoms with van der Waals surface area (Å²) in [5.41, 5.74) is 0.227. The highest BCUT2D eigenvalue weighted by Crippen LogP contribution is 2.38. The van der Waals surface area contributed by atoms with Gasteiger partial charge in [-0.15, -0.1) is 0 Å². The average molecular weight is 422 g/mol. The van der Waals surface area contributed by atoms with Crippen molar-refractivity contribution in [2.75, 3.05) is 47.6 Å². The third-order valence-corrected chi connectivity index (χ3v) is 4.90. The Bertz CT molecular complexity index is 746. The molecule has 2 unspecified atom stereocenters. The minimum atomic E-state index is -0.692. The first-order valence-electron chi connectivity index (χ1n) is 9.80. The van der Waals surface area contributed by atoms with E-state index in [-0.39, 0.29) is 24.6 Å². The van der Waals surface area contributed by atoms with Crippen molar-refractivity contribution < 1.29 is 33.3 Å². The summed E-state index contributed by atoms with van der Waals surface area (Å²) in [6, 6.07) is 2.95. The minimum absolute atomic E-state index is 0.224. The van der Waals surface area contributed by atoms with Gasteiger partial charge in [0.15, 0.2) is 18.1 Å². The number of nitrogens with one attached hydrogen (secondary N) is 1. The molecule has 30 heavy (non-hydrogen) atoms. The maximum absolute atomic E-state index is 12.4. The molecule has 9 nitrogen and oxygen atoms in total. The van der Waals surface area contributed by atoms with Gasteiger partial charge >= 0.3 is 5.97 Å². The van der Waals surface area contributed by atoms with E-state index in [1.807, 2.05) is 0 Å². The second kappa shape index (κ2) is 10.7. The van der Waals surface area contributed by atoms with Crippen LogP contribution in [-0.2, 0) is 14.3 Å². The molecule has 2 rings (SSSR count). The second-order valence-corrected chi connectivity index (χ2v) is 7.50. The SMILES string of the molecule is COc1cc(C(=O)NCC(=O)OCC(=O)N2CC(C)CC(C)C2)cc(OC)c1OC. The van der Waals surface area contributed by atoms with Crippen molar-refractivity contribution in [1.29, 1.82) is 0 Å². The molecule has 1 fully saturated rings. The molecule has 0 radical (unpaired) electrons. The maximum atomic E-state index is 12.4. The van der Waals surface area contributed by atoms with E-state index < -0.39 is 11.9 Å². The lowest BCUT2D eigenvalue weighted by Crippen LogP contribution is -2.44. The number of nitrogens with zero attached hydrogens (tertiary/aromatic N) is 1. The van der Waals surface area contributed by atoms with Gasteiger partial charge in [0.25, 0.3) is 11.8 Å². The fourth-order valence-corrected chi connectivity index (χ4v) is 3.62. The molecule has 1 heterocycles. The lowest BCUT2D eigenvalue weighted by Gasteiger charge is -2.34. The Morgan fingerprint density at radius 2 is 1.57 bits per heavy atom. The molecule has 9 heteroatoms. The average Bonchev–Trinajstić information content (AvgIpc) is 2.73. The molecule has 0 saturated carbocycles. The van der Waals surface area contributed by atoms with Crippen LogP contribution in [0.25, 0.3) is 0 Å². The van der Waals surface area contributed by atoms with Crippen LogP contribution in [0.3, 0.4) is 0 Å². The summed E-state index contributed by atoms with van der Waals surface area (Å²) in [7, 11) is 4.34. The summed E-state index contributed by atoms with van der Waals surface area (Å²) >= 11 is 0. The van der Waals surface area contributed by atoms with E-state index in [9.17, 15) is 14.4 Å². The van der Waals surface area contributed by atoms with Gasteiger partial charge in [0.2, 0.25) is 5.75 Å². The van der Waals surface area contributed by atoms with Crippen molar-refractivity contribution in [3.63, 3.8) is 0 Å². The summed E-state index contributed by atoms with van der Waals surface area (Å²) < 4.78 is 20.7. The van der Waals surface area contributed by atoms with Gasteiger partial charge in [0.1, 0.15) is 6.54 Å². The van der Waals surface area contributed by atoms with Crippen LogP contribution < -0.4 is 19.5 Å². The van der Waals surface area contributed by atoms with E-state index in [0.717, 1.165) is 6.42 Å². The van der Waals surface area contributed by atoms with Crippen LogP contribution in [0.4, 0.5) is 0 Å². The maximum Gasteiger partial charge on any atom is 0.325 e. The number of ether oxygens (including phenoxy) is 4. The lowest BCUT2D eigenvalue weighted by atomic mass is 9.92. The van der Waals surface area contributed by atoms with Crippen molar-refractivity contribution in [3.05, 3.63) is 17.7 Å². The monoisotopic (exact) mass is 422 g/mol. The van der Waals surface area contributed by atoms with Crippen LogP contribution >= 0.6 is 0 Å². The Kier molecular flexibility index (Phi) is 8.32. The number of hydrogen-bond donors (Lipinski definition) is 1. The van der Waals surface area contributed by atoms with Gasteiger partial charge in [0, 0.05) is 18.7 Å².